The lowest BCUT2D eigenvalue weighted by atomic mass is 9.64. The molecule has 1 aliphatic heterocycles. The molecule has 3 N–H and O–H groups in total. The van der Waals surface area contributed by atoms with Gasteiger partial charge in [-0.15, -0.1) is 0 Å². The maximum atomic E-state index is 13.3. The third-order valence-electron chi connectivity index (χ3n) is 7.56. The number of hydrogen-bond donors (Lipinski definition) is 2. The molecule has 2 aliphatic carbocycles. The summed E-state index contributed by atoms with van der Waals surface area (Å²) in [4.78, 5) is 24.7. The third kappa shape index (κ3) is 4.37. The minimum absolute atomic E-state index is 0.0800. The van der Waals surface area contributed by atoms with Gasteiger partial charge >= 0.3 is 0 Å². The summed E-state index contributed by atoms with van der Waals surface area (Å²) in [7, 11) is -3.83. The van der Waals surface area contributed by atoms with E-state index in [2.05, 4.69) is 12.2 Å². The number of fused-ring (bicyclic) bond motifs is 2. The SMILES string of the molecule is CCC1CC2CCCC(C2)C1NC(=O)[C@H]1CCCN1S(=O)(=O)c1ccc(C(N)=O)cc1. The number of nitrogens with zero attached hydrogens (tertiary/aromatic N) is 1. The topological polar surface area (TPSA) is 110 Å². The lowest BCUT2D eigenvalue weighted by molar-refractivity contribution is -0.126. The Morgan fingerprint density at radius 1 is 1.10 bits per heavy atom. The molecule has 2 amide bonds. The highest BCUT2D eigenvalue weighted by molar-refractivity contribution is 7.89. The Hall–Kier alpha value is -1.93. The van der Waals surface area contributed by atoms with Crippen LogP contribution >= 0.6 is 0 Å². The lowest BCUT2D eigenvalue weighted by Crippen LogP contribution is -2.55. The van der Waals surface area contributed by atoms with E-state index in [1.165, 1.54) is 47.8 Å². The lowest BCUT2D eigenvalue weighted by Gasteiger charge is -2.46. The van der Waals surface area contributed by atoms with Gasteiger partial charge in [-0.3, -0.25) is 9.59 Å². The maximum absolute atomic E-state index is 13.3. The molecule has 3 aliphatic rings. The van der Waals surface area contributed by atoms with Crippen molar-refractivity contribution >= 4 is 21.8 Å². The van der Waals surface area contributed by atoms with Crippen LogP contribution in [0.15, 0.2) is 29.2 Å². The molecule has 2 bridgehead atoms. The molecule has 3 fully saturated rings. The molecule has 0 spiro atoms. The van der Waals surface area contributed by atoms with Crippen LogP contribution < -0.4 is 11.1 Å². The highest BCUT2D eigenvalue weighted by Gasteiger charge is 2.43. The molecular formula is C23H33N3O4S. The van der Waals surface area contributed by atoms with Gasteiger partial charge in [0, 0.05) is 18.2 Å². The van der Waals surface area contributed by atoms with E-state index < -0.39 is 22.0 Å². The second-order valence-electron chi connectivity index (χ2n) is 9.39. The average Bonchev–Trinajstić information content (AvgIpc) is 3.27. The fourth-order valence-electron chi connectivity index (χ4n) is 5.97. The summed E-state index contributed by atoms with van der Waals surface area (Å²) >= 11 is 0. The van der Waals surface area contributed by atoms with E-state index in [9.17, 15) is 18.0 Å². The zero-order chi connectivity index (χ0) is 22.2. The van der Waals surface area contributed by atoms with Gasteiger partial charge in [-0.05, 0) is 74.1 Å². The first kappa shape index (κ1) is 22.3. The van der Waals surface area contributed by atoms with E-state index in [1.807, 2.05) is 0 Å². The van der Waals surface area contributed by atoms with Crippen LogP contribution in [0.2, 0.25) is 0 Å². The quantitative estimate of drug-likeness (QED) is 0.698. The number of primary amides is 1. The van der Waals surface area contributed by atoms with Crippen LogP contribution in [0.5, 0.6) is 0 Å². The number of rotatable bonds is 6. The van der Waals surface area contributed by atoms with Crippen molar-refractivity contribution in [3.8, 4) is 0 Å². The third-order valence-corrected chi connectivity index (χ3v) is 9.48. The van der Waals surface area contributed by atoms with Crippen LogP contribution in [0.25, 0.3) is 0 Å². The predicted octanol–water partition coefficient (Wildman–Crippen LogP) is 2.66. The minimum atomic E-state index is -3.83. The molecule has 0 aromatic heterocycles. The predicted molar refractivity (Wildman–Crippen MR) is 118 cm³/mol. The first-order chi connectivity index (χ1) is 14.8. The van der Waals surface area contributed by atoms with Crippen molar-refractivity contribution < 1.29 is 18.0 Å². The average molecular weight is 448 g/mol. The number of carbonyl (C=O) groups is 2. The molecular weight excluding hydrogens is 414 g/mol. The Balaban J connectivity index is 1.50. The van der Waals surface area contributed by atoms with Gasteiger partial charge < -0.3 is 11.1 Å². The van der Waals surface area contributed by atoms with E-state index >= 15 is 0 Å². The number of nitrogens with one attached hydrogen (secondary N) is 1. The van der Waals surface area contributed by atoms with Crippen molar-refractivity contribution in [1.29, 1.82) is 0 Å². The highest BCUT2D eigenvalue weighted by atomic mass is 32.2. The maximum Gasteiger partial charge on any atom is 0.248 e. The molecule has 1 aromatic carbocycles. The number of carbonyl (C=O) groups excluding carboxylic acids is 2. The van der Waals surface area contributed by atoms with Gasteiger partial charge in [0.1, 0.15) is 6.04 Å². The monoisotopic (exact) mass is 447 g/mol. The molecule has 2 saturated carbocycles. The van der Waals surface area contributed by atoms with E-state index in [0.29, 0.717) is 31.2 Å². The van der Waals surface area contributed by atoms with Gasteiger partial charge in [0.05, 0.1) is 4.90 Å². The molecule has 31 heavy (non-hydrogen) atoms. The molecule has 1 aromatic rings. The largest absolute Gasteiger partial charge is 0.366 e. The second-order valence-corrected chi connectivity index (χ2v) is 11.3. The fourth-order valence-corrected chi connectivity index (χ4v) is 7.62. The van der Waals surface area contributed by atoms with E-state index in [0.717, 1.165) is 25.2 Å². The van der Waals surface area contributed by atoms with Gasteiger partial charge in [0.25, 0.3) is 0 Å². The number of sulfonamides is 1. The molecule has 4 unspecified atom stereocenters. The number of amides is 2. The van der Waals surface area contributed by atoms with E-state index in [4.69, 9.17) is 5.73 Å². The van der Waals surface area contributed by atoms with Crippen LogP contribution in [-0.4, -0.2) is 43.2 Å². The Kier molecular flexibility index (Phi) is 6.40. The van der Waals surface area contributed by atoms with Crippen LogP contribution in [0.1, 0.15) is 68.6 Å². The van der Waals surface area contributed by atoms with Crippen molar-refractivity contribution in [2.45, 2.75) is 75.3 Å². The molecule has 170 valence electrons. The summed E-state index contributed by atoms with van der Waals surface area (Å²) in [5.74, 6) is 0.992. The van der Waals surface area contributed by atoms with Crippen LogP contribution in [0.3, 0.4) is 0 Å². The fraction of sp³-hybridized carbons (Fsp3) is 0.652. The van der Waals surface area contributed by atoms with Gasteiger partial charge in [-0.1, -0.05) is 26.2 Å². The summed E-state index contributed by atoms with van der Waals surface area (Å²) in [5.41, 5.74) is 5.51. The molecule has 8 heteroatoms. The summed E-state index contributed by atoms with van der Waals surface area (Å²) in [5, 5.41) is 3.29. The van der Waals surface area contributed by atoms with Gasteiger partial charge in [-0.2, -0.15) is 4.31 Å². The van der Waals surface area contributed by atoms with Crippen LogP contribution in [0.4, 0.5) is 0 Å². The minimum Gasteiger partial charge on any atom is -0.366 e. The van der Waals surface area contributed by atoms with Gasteiger partial charge in [-0.25, -0.2) is 8.42 Å². The number of nitrogens with two attached hydrogens (primary N) is 1. The first-order valence-corrected chi connectivity index (χ1v) is 13.0. The summed E-state index contributed by atoms with van der Waals surface area (Å²) in [6, 6.07) is 5.06. The first-order valence-electron chi connectivity index (χ1n) is 11.5. The van der Waals surface area contributed by atoms with E-state index in [1.54, 1.807) is 0 Å². The summed E-state index contributed by atoms with van der Waals surface area (Å²) < 4.78 is 27.8. The standard InChI is InChI=1S/C23H33N3O4S/c1-2-16-13-15-5-3-6-18(14-15)21(16)25-23(28)20-7-4-12-26(20)31(29,30)19-10-8-17(9-11-19)22(24)27/h8-11,15-16,18,20-21H,2-7,12-14H2,1H3,(H2,24,27)(H,25,28)/t15?,16?,18?,20-,21?/m1/s1. The Bertz CT molecular complexity index is 929. The molecule has 1 heterocycles. The molecule has 4 rings (SSSR count). The van der Waals surface area contributed by atoms with Gasteiger partial charge in [0.2, 0.25) is 21.8 Å². The normalized spacial score (nSPS) is 31.3. The van der Waals surface area contributed by atoms with Crippen LogP contribution in [0, 0.1) is 17.8 Å². The van der Waals surface area contributed by atoms with Gasteiger partial charge in [0.15, 0.2) is 0 Å². The molecule has 0 radical (unpaired) electrons. The summed E-state index contributed by atoms with van der Waals surface area (Å²) in [6.45, 7) is 2.51. The molecule has 5 atom stereocenters. The zero-order valence-corrected chi connectivity index (χ0v) is 18.9. The van der Waals surface area contributed by atoms with E-state index in [-0.39, 0.29) is 22.4 Å². The van der Waals surface area contributed by atoms with Crippen LogP contribution in [-0.2, 0) is 14.8 Å². The Morgan fingerprint density at radius 2 is 1.84 bits per heavy atom. The Morgan fingerprint density at radius 3 is 2.52 bits per heavy atom. The highest BCUT2D eigenvalue weighted by Crippen LogP contribution is 2.44. The van der Waals surface area contributed by atoms with Crippen molar-refractivity contribution in [1.82, 2.24) is 9.62 Å². The zero-order valence-electron chi connectivity index (χ0n) is 18.1. The van der Waals surface area contributed by atoms with Crippen molar-refractivity contribution in [2.24, 2.45) is 23.5 Å². The smallest absolute Gasteiger partial charge is 0.248 e. The Labute approximate surface area is 184 Å². The second kappa shape index (κ2) is 8.90. The molecule has 1 saturated heterocycles. The number of benzene rings is 1. The number of hydrogen-bond acceptors (Lipinski definition) is 4. The molecule has 7 nitrogen and oxygen atoms in total. The van der Waals surface area contributed by atoms with Crippen molar-refractivity contribution in [2.75, 3.05) is 6.54 Å². The van der Waals surface area contributed by atoms with Crippen molar-refractivity contribution in [3.63, 3.8) is 0 Å². The van der Waals surface area contributed by atoms with Crippen molar-refractivity contribution in [3.05, 3.63) is 29.8 Å². The summed E-state index contributed by atoms with van der Waals surface area (Å²) in [6.07, 6.45) is 8.25.